The number of aromatic nitrogens is 1. The molecule has 2 aliphatic rings. The molecule has 2 N–H and O–H groups in total. The maximum atomic E-state index is 14.2. The Labute approximate surface area is 206 Å². The van der Waals surface area contributed by atoms with Crippen LogP contribution < -0.4 is 5.32 Å². The zero-order chi connectivity index (χ0) is 27.3. The first-order valence-electron chi connectivity index (χ1n) is 11.5. The molecule has 37 heavy (non-hydrogen) atoms. The van der Waals surface area contributed by atoms with Gasteiger partial charge in [-0.1, -0.05) is 12.5 Å². The molecular formula is C24H23F7N4O2. The Kier molecular flexibility index (Phi) is 6.84. The third-order valence-corrected chi connectivity index (χ3v) is 6.68. The number of hydrogen-bond donors (Lipinski definition) is 2. The second-order valence-electron chi connectivity index (χ2n) is 9.23. The zero-order valence-electron chi connectivity index (χ0n) is 19.8. The van der Waals surface area contributed by atoms with E-state index >= 15 is 0 Å². The number of carbonyl (C=O) groups excluding carboxylic acids is 2. The quantitative estimate of drug-likeness (QED) is 0.495. The van der Waals surface area contributed by atoms with Gasteiger partial charge in [0.1, 0.15) is 18.4 Å². The van der Waals surface area contributed by atoms with E-state index in [2.05, 4.69) is 10.1 Å². The Bertz CT molecular complexity index is 1260. The second-order valence-corrected chi connectivity index (χ2v) is 9.23. The first-order valence-corrected chi connectivity index (χ1v) is 11.5. The van der Waals surface area contributed by atoms with Gasteiger partial charge >= 0.3 is 12.4 Å². The van der Waals surface area contributed by atoms with Crippen LogP contribution in [0.15, 0.2) is 23.3 Å². The first kappa shape index (κ1) is 26.7. The van der Waals surface area contributed by atoms with Crippen LogP contribution in [0.5, 0.6) is 0 Å². The molecule has 200 valence electrons. The van der Waals surface area contributed by atoms with Gasteiger partial charge in [0, 0.05) is 29.3 Å². The van der Waals surface area contributed by atoms with E-state index in [0.29, 0.717) is 36.2 Å². The van der Waals surface area contributed by atoms with E-state index < -0.39 is 42.2 Å². The molecule has 0 bridgehead atoms. The normalized spacial score (nSPS) is 18.6. The van der Waals surface area contributed by atoms with E-state index in [4.69, 9.17) is 0 Å². The molecule has 1 fully saturated rings. The molecule has 1 aromatic carbocycles. The summed E-state index contributed by atoms with van der Waals surface area (Å²) in [6.45, 7) is 1.50. The number of nitrogens with zero attached hydrogens (tertiary/aromatic N) is 2. The van der Waals surface area contributed by atoms with Crippen molar-refractivity contribution in [3.63, 3.8) is 0 Å². The maximum absolute atomic E-state index is 14.2. The Morgan fingerprint density at radius 1 is 1.14 bits per heavy atom. The van der Waals surface area contributed by atoms with E-state index in [0.717, 1.165) is 12.5 Å². The number of hydrogen-bond acceptors (Lipinski definition) is 3. The summed E-state index contributed by atoms with van der Waals surface area (Å²) in [6, 6.07) is 1.57. The molecular weight excluding hydrogens is 509 g/mol. The topological polar surface area (TPSA) is 77.6 Å². The number of rotatable bonds is 5. The van der Waals surface area contributed by atoms with E-state index in [1.54, 1.807) is 0 Å². The SMILES string of the molecule is Cc1[nH]c(C2CC(c3ccc(C(F)(F)F)c(F)c3)=NN2C(=O)C2CCC2)c(C)c1C(=O)NCC(F)(F)F. The minimum atomic E-state index is -4.88. The molecule has 1 aromatic heterocycles. The third kappa shape index (κ3) is 5.35. The van der Waals surface area contributed by atoms with Crippen LogP contribution in [0.2, 0.25) is 0 Å². The van der Waals surface area contributed by atoms with Crippen molar-refractivity contribution in [2.24, 2.45) is 11.0 Å². The van der Waals surface area contributed by atoms with Crippen molar-refractivity contribution in [1.82, 2.24) is 15.3 Å². The van der Waals surface area contributed by atoms with Crippen molar-refractivity contribution in [2.75, 3.05) is 6.54 Å². The maximum Gasteiger partial charge on any atom is 0.419 e. The lowest BCUT2D eigenvalue weighted by Crippen LogP contribution is -2.36. The summed E-state index contributed by atoms with van der Waals surface area (Å²) >= 11 is 0. The summed E-state index contributed by atoms with van der Waals surface area (Å²) in [5.74, 6) is -3.06. The number of aryl methyl sites for hydroxylation is 1. The number of alkyl halides is 6. The molecule has 1 unspecified atom stereocenters. The Hall–Kier alpha value is -3.38. The van der Waals surface area contributed by atoms with Crippen molar-refractivity contribution in [3.8, 4) is 0 Å². The van der Waals surface area contributed by atoms with Crippen LogP contribution in [-0.2, 0) is 11.0 Å². The van der Waals surface area contributed by atoms with Gasteiger partial charge in [-0.25, -0.2) is 9.40 Å². The fourth-order valence-corrected chi connectivity index (χ4v) is 4.60. The molecule has 2 heterocycles. The molecule has 2 aromatic rings. The minimum Gasteiger partial charge on any atom is -0.360 e. The number of amides is 2. The molecule has 1 aliphatic carbocycles. The monoisotopic (exact) mass is 532 g/mol. The number of nitrogens with one attached hydrogen (secondary N) is 2. The van der Waals surface area contributed by atoms with Crippen LogP contribution >= 0.6 is 0 Å². The zero-order valence-corrected chi connectivity index (χ0v) is 19.8. The molecule has 0 saturated heterocycles. The van der Waals surface area contributed by atoms with Crippen LogP contribution in [0.1, 0.15) is 70.2 Å². The average Bonchev–Trinajstić information content (AvgIpc) is 3.30. The molecule has 4 rings (SSSR count). The predicted molar refractivity (Wildman–Crippen MR) is 118 cm³/mol. The van der Waals surface area contributed by atoms with Crippen molar-refractivity contribution in [3.05, 3.63) is 57.7 Å². The highest BCUT2D eigenvalue weighted by atomic mass is 19.4. The van der Waals surface area contributed by atoms with Gasteiger partial charge < -0.3 is 10.3 Å². The number of hydrazone groups is 1. The van der Waals surface area contributed by atoms with Crippen molar-refractivity contribution in [1.29, 1.82) is 0 Å². The fourth-order valence-electron chi connectivity index (χ4n) is 4.60. The fraction of sp³-hybridized carbons (Fsp3) is 0.458. The van der Waals surface area contributed by atoms with Gasteiger partial charge in [-0.2, -0.15) is 31.4 Å². The van der Waals surface area contributed by atoms with Crippen molar-refractivity contribution in [2.45, 2.75) is 57.9 Å². The lowest BCUT2D eigenvalue weighted by Gasteiger charge is -2.30. The highest BCUT2D eigenvalue weighted by Crippen LogP contribution is 2.40. The van der Waals surface area contributed by atoms with Crippen molar-refractivity contribution < 1.29 is 40.3 Å². The molecule has 0 radical (unpaired) electrons. The summed E-state index contributed by atoms with van der Waals surface area (Å²) in [7, 11) is 0. The Morgan fingerprint density at radius 3 is 2.35 bits per heavy atom. The molecule has 6 nitrogen and oxygen atoms in total. The van der Waals surface area contributed by atoms with E-state index in [-0.39, 0.29) is 40.8 Å². The molecule has 1 saturated carbocycles. The van der Waals surface area contributed by atoms with Gasteiger partial charge in [-0.3, -0.25) is 9.59 Å². The van der Waals surface area contributed by atoms with Crippen LogP contribution in [0.3, 0.4) is 0 Å². The summed E-state index contributed by atoms with van der Waals surface area (Å²) in [4.78, 5) is 28.6. The average molecular weight is 532 g/mol. The van der Waals surface area contributed by atoms with Gasteiger partial charge in [-0.05, 0) is 44.4 Å². The summed E-state index contributed by atoms with van der Waals surface area (Å²) in [5, 5.41) is 7.34. The summed E-state index contributed by atoms with van der Waals surface area (Å²) in [6.07, 6.45) is -7.37. The van der Waals surface area contributed by atoms with Gasteiger partial charge in [0.2, 0.25) is 5.91 Å². The predicted octanol–water partition coefficient (Wildman–Crippen LogP) is 5.56. The Balaban J connectivity index is 1.68. The van der Waals surface area contributed by atoms with Gasteiger partial charge in [0.25, 0.3) is 5.91 Å². The lowest BCUT2D eigenvalue weighted by atomic mass is 9.84. The van der Waals surface area contributed by atoms with Crippen LogP contribution in [0, 0.1) is 25.6 Å². The molecule has 2 amide bonds. The first-order chi connectivity index (χ1) is 17.2. The van der Waals surface area contributed by atoms with Crippen LogP contribution in [0.4, 0.5) is 30.7 Å². The highest BCUT2D eigenvalue weighted by Gasteiger charge is 2.41. The van der Waals surface area contributed by atoms with Gasteiger partial charge in [-0.15, -0.1) is 0 Å². The smallest absolute Gasteiger partial charge is 0.360 e. The standard InChI is InChI=1S/C24H23F7N4O2/c1-11-19(21(36)32-10-23(26,27)28)12(2)33-20(11)18-9-17(34-35(18)22(37)13-4-3-5-13)14-6-7-15(16(25)8-14)24(29,30)31/h6-8,13,18,33H,3-5,9-10H2,1-2H3,(H,32,36). The number of halogens is 7. The van der Waals surface area contributed by atoms with Gasteiger partial charge in [0.05, 0.1) is 16.8 Å². The molecule has 13 heteroatoms. The third-order valence-electron chi connectivity index (χ3n) is 6.68. The lowest BCUT2D eigenvalue weighted by molar-refractivity contribution is -0.140. The molecule has 0 spiro atoms. The van der Waals surface area contributed by atoms with E-state index in [1.807, 2.05) is 5.32 Å². The van der Waals surface area contributed by atoms with Crippen molar-refractivity contribution >= 4 is 17.5 Å². The largest absolute Gasteiger partial charge is 0.419 e. The number of benzene rings is 1. The highest BCUT2D eigenvalue weighted by molar-refractivity contribution is 6.03. The second kappa shape index (κ2) is 9.49. The van der Waals surface area contributed by atoms with Crippen LogP contribution in [0.25, 0.3) is 0 Å². The number of H-pyrrole nitrogens is 1. The van der Waals surface area contributed by atoms with Crippen LogP contribution in [-0.4, -0.2) is 40.2 Å². The number of aromatic amines is 1. The van der Waals surface area contributed by atoms with Gasteiger partial charge in [0.15, 0.2) is 0 Å². The summed E-state index contributed by atoms with van der Waals surface area (Å²) in [5.41, 5.74) is -0.277. The number of carbonyl (C=O) groups is 2. The Morgan fingerprint density at radius 2 is 1.81 bits per heavy atom. The van der Waals surface area contributed by atoms with E-state index in [9.17, 15) is 40.3 Å². The summed E-state index contributed by atoms with van der Waals surface area (Å²) < 4.78 is 91.0. The molecule has 1 atom stereocenters. The minimum absolute atomic E-state index is 0.00628. The molecule has 1 aliphatic heterocycles. The van der Waals surface area contributed by atoms with E-state index in [1.165, 1.54) is 18.9 Å².